The monoisotopic (exact) mass is 588 g/mol. The van der Waals surface area contributed by atoms with Crippen molar-refractivity contribution in [2.24, 2.45) is 0 Å². The van der Waals surface area contributed by atoms with Crippen LogP contribution in [0, 0.1) is 0 Å². The molecule has 5 rings (SSSR count). The van der Waals surface area contributed by atoms with Crippen LogP contribution in [0.3, 0.4) is 0 Å². The Labute approximate surface area is 245 Å². The minimum Gasteiger partial charge on any atom is -0.497 e. The van der Waals surface area contributed by atoms with Gasteiger partial charge in [-0.3, -0.25) is 9.69 Å². The Morgan fingerprint density at radius 3 is 2.07 bits per heavy atom. The van der Waals surface area contributed by atoms with Crippen LogP contribution in [0.15, 0.2) is 89.7 Å². The maximum atomic E-state index is 14.0. The zero-order valence-corrected chi connectivity index (χ0v) is 24.3. The number of nitrogens with zero attached hydrogens (tertiary/aromatic N) is 2. The van der Waals surface area contributed by atoms with Crippen molar-refractivity contribution in [2.45, 2.75) is 31.8 Å². The van der Waals surface area contributed by atoms with Crippen molar-refractivity contribution in [3.63, 3.8) is 0 Å². The number of methoxy groups -OCH3 is 2. The standard InChI is InChI=1S/C32H32N2O7S/c1-39-26-15-13-24(14-16-26)20-34-28-21-33(19-23-9-5-3-6-10-23)18-17-27(28)30(29(31(34)35)32(36)40-2)41-42(37,38)22-25-11-7-4-8-12-25/h3-16H,17-22H2,1-2H3. The van der Waals surface area contributed by atoms with Gasteiger partial charge in [0.1, 0.15) is 11.5 Å². The third-order valence-electron chi connectivity index (χ3n) is 7.22. The molecule has 0 aliphatic carbocycles. The minimum absolute atomic E-state index is 0.158. The number of carbonyl (C=O) groups is 1. The summed E-state index contributed by atoms with van der Waals surface area (Å²) >= 11 is 0. The van der Waals surface area contributed by atoms with Crippen molar-refractivity contribution in [1.29, 1.82) is 0 Å². The van der Waals surface area contributed by atoms with E-state index in [0.29, 0.717) is 48.6 Å². The van der Waals surface area contributed by atoms with Crippen molar-refractivity contribution < 1.29 is 26.9 Å². The van der Waals surface area contributed by atoms with Gasteiger partial charge >= 0.3 is 16.1 Å². The molecule has 0 radical (unpaired) electrons. The van der Waals surface area contributed by atoms with E-state index in [-0.39, 0.29) is 12.3 Å². The van der Waals surface area contributed by atoms with Crippen LogP contribution in [-0.2, 0) is 46.7 Å². The summed E-state index contributed by atoms with van der Waals surface area (Å²) in [6.07, 6.45) is 0.366. The predicted molar refractivity (Wildman–Crippen MR) is 158 cm³/mol. The first kappa shape index (κ1) is 29.1. The molecule has 10 heteroatoms. The van der Waals surface area contributed by atoms with Gasteiger partial charge in [0.05, 0.1) is 20.8 Å². The van der Waals surface area contributed by atoms with Crippen LogP contribution in [0.25, 0.3) is 0 Å². The van der Waals surface area contributed by atoms with Crippen LogP contribution in [0.1, 0.15) is 38.3 Å². The summed E-state index contributed by atoms with van der Waals surface area (Å²) in [6, 6.07) is 25.8. The highest BCUT2D eigenvalue weighted by Crippen LogP contribution is 2.33. The Morgan fingerprint density at radius 2 is 1.45 bits per heavy atom. The summed E-state index contributed by atoms with van der Waals surface area (Å²) in [6.45, 7) is 1.72. The molecule has 0 unspecified atom stereocenters. The van der Waals surface area contributed by atoms with Gasteiger partial charge in [0.25, 0.3) is 5.56 Å². The van der Waals surface area contributed by atoms with Gasteiger partial charge in [0.15, 0.2) is 11.3 Å². The minimum atomic E-state index is -4.23. The SMILES string of the molecule is COC(=O)c1c(OS(=O)(=O)Cc2ccccc2)c2c(n(Cc3ccc(OC)cc3)c1=O)CN(Cc1ccccc1)CC2. The molecule has 1 aliphatic heterocycles. The normalized spacial score (nSPS) is 13.3. The number of ether oxygens (including phenoxy) is 2. The maximum Gasteiger partial charge on any atom is 0.347 e. The summed E-state index contributed by atoms with van der Waals surface area (Å²) in [7, 11) is -1.50. The van der Waals surface area contributed by atoms with Gasteiger partial charge in [0.2, 0.25) is 0 Å². The highest BCUT2D eigenvalue weighted by atomic mass is 32.2. The van der Waals surface area contributed by atoms with E-state index < -0.39 is 33.0 Å². The molecule has 0 spiro atoms. The Morgan fingerprint density at radius 1 is 0.833 bits per heavy atom. The summed E-state index contributed by atoms with van der Waals surface area (Å²) in [5.74, 6) is -0.950. The summed E-state index contributed by atoms with van der Waals surface area (Å²) in [5.41, 5.74) is 2.42. The Hall–Kier alpha value is -4.41. The quantitative estimate of drug-likeness (QED) is 0.201. The molecular weight excluding hydrogens is 556 g/mol. The number of hydrogen-bond donors (Lipinski definition) is 0. The van der Waals surface area contributed by atoms with Crippen molar-refractivity contribution in [2.75, 3.05) is 20.8 Å². The number of fused-ring (bicyclic) bond motifs is 1. The average molecular weight is 589 g/mol. The van der Waals surface area contributed by atoms with Crippen LogP contribution in [0.5, 0.6) is 11.5 Å². The first-order chi connectivity index (χ1) is 20.3. The van der Waals surface area contributed by atoms with Gasteiger partial charge in [-0.15, -0.1) is 0 Å². The fraction of sp³-hybridized carbons (Fsp3) is 0.250. The number of pyridine rings is 1. The van der Waals surface area contributed by atoms with Crippen molar-refractivity contribution in [1.82, 2.24) is 9.47 Å². The summed E-state index contributed by atoms with van der Waals surface area (Å²) in [4.78, 5) is 29.3. The molecule has 0 atom stereocenters. The number of esters is 1. The zero-order chi connectivity index (χ0) is 29.7. The largest absolute Gasteiger partial charge is 0.497 e. The molecule has 3 aromatic carbocycles. The topological polar surface area (TPSA) is 104 Å². The molecule has 2 heterocycles. The number of benzene rings is 3. The molecule has 0 fully saturated rings. The van der Waals surface area contributed by atoms with Gasteiger partial charge in [-0.25, -0.2) is 4.79 Å². The predicted octanol–water partition coefficient (Wildman–Crippen LogP) is 4.16. The Bertz CT molecular complexity index is 1720. The number of rotatable bonds is 10. The van der Waals surface area contributed by atoms with Crippen LogP contribution < -0.4 is 14.5 Å². The summed E-state index contributed by atoms with van der Waals surface area (Å²) < 4.78 is 43.9. The van der Waals surface area contributed by atoms with Gasteiger partial charge in [-0.1, -0.05) is 72.8 Å². The molecule has 0 N–H and O–H groups in total. The van der Waals surface area contributed by atoms with E-state index in [9.17, 15) is 18.0 Å². The molecule has 9 nitrogen and oxygen atoms in total. The first-order valence-electron chi connectivity index (χ1n) is 13.5. The van der Waals surface area contributed by atoms with Crippen LogP contribution in [0.4, 0.5) is 0 Å². The van der Waals surface area contributed by atoms with Crippen LogP contribution >= 0.6 is 0 Å². The molecule has 1 aromatic heterocycles. The fourth-order valence-electron chi connectivity index (χ4n) is 5.17. The van der Waals surface area contributed by atoms with Crippen LogP contribution in [0.2, 0.25) is 0 Å². The van der Waals surface area contributed by atoms with Gasteiger partial charge < -0.3 is 18.2 Å². The highest BCUT2D eigenvalue weighted by Gasteiger charge is 2.33. The molecule has 1 aliphatic rings. The van der Waals surface area contributed by atoms with Gasteiger partial charge in [-0.2, -0.15) is 8.42 Å². The fourth-order valence-corrected chi connectivity index (χ4v) is 6.26. The smallest absolute Gasteiger partial charge is 0.347 e. The van der Waals surface area contributed by atoms with Crippen molar-refractivity contribution in [3.05, 3.63) is 129 Å². The molecule has 0 amide bonds. The molecule has 42 heavy (non-hydrogen) atoms. The van der Waals surface area contributed by atoms with E-state index in [1.807, 2.05) is 42.5 Å². The van der Waals surface area contributed by atoms with E-state index in [2.05, 4.69) is 4.90 Å². The Kier molecular flexibility index (Phi) is 8.75. The first-order valence-corrected chi connectivity index (χ1v) is 15.1. The second-order valence-corrected chi connectivity index (χ2v) is 11.6. The number of hydrogen-bond acceptors (Lipinski definition) is 8. The van der Waals surface area contributed by atoms with Gasteiger partial charge in [0, 0.05) is 30.9 Å². The second kappa shape index (κ2) is 12.6. The zero-order valence-electron chi connectivity index (χ0n) is 23.5. The lowest BCUT2D eigenvalue weighted by Crippen LogP contribution is -2.39. The van der Waals surface area contributed by atoms with Crippen LogP contribution in [-0.4, -0.2) is 44.6 Å². The third-order valence-corrected chi connectivity index (χ3v) is 8.33. The van der Waals surface area contributed by atoms with E-state index in [1.54, 1.807) is 49.6 Å². The van der Waals surface area contributed by atoms with Crippen molar-refractivity contribution >= 4 is 16.1 Å². The highest BCUT2D eigenvalue weighted by molar-refractivity contribution is 7.86. The molecule has 0 saturated heterocycles. The lowest BCUT2D eigenvalue weighted by Gasteiger charge is -2.32. The molecular formula is C32H32N2O7S. The lowest BCUT2D eigenvalue weighted by atomic mass is 9.99. The molecule has 0 saturated carbocycles. The Balaban J connectivity index is 1.62. The molecule has 218 valence electrons. The average Bonchev–Trinajstić information content (AvgIpc) is 3.00. The van der Waals surface area contributed by atoms with E-state index >= 15 is 0 Å². The maximum absolute atomic E-state index is 14.0. The van der Waals surface area contributed by atoms with E-state index in [4.69, 9.17) is 13.7 Å². The molecule has 4 aromatic rings. The van der Waals surface area contributed by atoms with Gasteiger partial charge in [-0.05, 0) is 35.2 Å². The van der Waals surface area contributed by atoms with E-state index in [1.165, 1.54) is 4.57 Å². The number of aromatic nitrogens is 1. The lowest BCUT2D eigenvalue weighted by molar-refractivity contribution is 0.0595. The molecule has 0 bridgehead atoms. The number of carbonyl (C=O) groups excluding carboxylic acids is 1. The van der Waals surface area contributed by atoms with Crippen molar-refractivity contribution in [3.8, 4) is 11.5 Å². The second-order valence-electron chi connectivity index (χ2n) is 10.1. The summed E-state index contributed by atoms with van der Waals surface area (Å²) in [5, 5.41) is 0. The third kappa shape index (κ3) is 6.56. The van der Waals surface area contributed by atoms with E-state index in [0.717, 1.165) is 18.2 Å².